The zero-order chi connectivity index (χ0) is 19.0. The summed E-state index contributed by atoms with van der Waals surface area (Å²) in [5.41, 5.74) is 0.819. The van der Waals surface area contributed by atoms with Gasteiger partial charge in [0.25, 0.3) is 0 Å². The lowest BCUT2D eigenvalue weighted by Crippen LogP contribution is -2.40. The van der Waals surface area contributed by atoms with Crippen molar-refractivity contribution in [2.24, 2.45) is 0 Å². The van der Waals surface area contributed by atoms with Gasteiger partial charge in [-0.3, -0.25) is 4.79 Å². The first-order valence-electron chi connectivity index (χ1n) is 9.15. The lowest BCUT2D eigenvalue weighted by atomic mass is 10.2. The van der Waals surface area contributed by atoms with E-state index in [2.05, 4.69) is 30.0 Å². The third kappa shape index (κ3) is 3.36. The van der Waals surface area contributed by atoms with E-state index in [0.717, 1.165) is 29.8 Å². The van der Waals surface area contributed by atoms with Crippen LogP contribution >= 0.6 is 0 Å². The molecule has 1 saturated heterocycles. The second kappa shape index (κ2) is 6.98. The summed E-state index contributed by atoms with van der Waals surface area (Å²) in [6, 6.07) is 2.06. The molecule has 4 heterocycles. The minimum atomic E-state index is 0.00669. The summed E-state index contributed by atoms with van der Waals surface area (Å²) in [5.74, 6) is 2.21. The highest BCUT2D eigenvalue weighted by molar-refractivity contribution is 5.87. The third-order valence-electron chi connectivity index (χ3n) is 4.93. The Labute approximate surface area is 156 Å². The molecular weight excluding hydrogens is 346 g/mol. The van der Waals surface area contributed by atoms with Gasteiger partial charge in [0, 0.05) is 32.1 Å². The van der Waals surface area contributed by atoms with E-state index in [9.17, 15) is 4.79 Å². The van der Waals surface area contributed by atoms with Gasteiger partial charge in [-0.05, 0) is 12.5 Å². The summed E-state index contributed by atoms with van der Waals surface area (Å²) in [6.07, 6.45) is 4.29. The smallest absolute Gasteiger partial charge is 0.229 e. The van der Waals surface area contributed by atoms with Gasteiger partial charge in [0.05, 0.1) is 18.0 Å². The molecule has 27 heavy (non-hydrogen) atoms. The Kier molecular flexibility index (Phi) is 4.51. The van der Waals surface area contributed by atoms with Crippen LogP contribution < -0.4 is 4.90 Å². The normalized spacial score (nSPS) is 17.2. The fourth-order valence-electron chi connectivity index (χ4n) is 3.52. The summed E-state index contributed by atoms with van der Waals surface area (Å²) in [4.78, 5) is 32.5. The summed E-state index contributed by atoms with van der Waals surface area (Å²) >= 11 is 0. The largest absolute Gasteiger partial charge is 0.354 e. The number of aromatic nitrogens is 5. The van der Waals surface area contributed by atoms with Gasteiger partial charge in [-0.1, -0.05) is 19.0 Å². The van der Waals surface area contributed by atoms with Gasteiger partial charge in [-0.25, -0.2) is 9.97 Å². The van der Waals surface area contributed by atoms with Crippen LogP contribution in [-0.2, 0) is 11.3 Å². The standard InChI is InChI=1S/C18H23N7O2/c1-11(2)18-22-15(23-27-18)9-25(12(3)26)13-5-7-24(8-13)17-14-4-6-19-16(14)20-10-21-17/h4,6,10-11,13H,5,7-9H2,1-3H3,(H,19,20,21). The van der Waals surface area contributed by atoms with Crippen LogP contribution in [0.15, 0.2) is 23.1 Å². The van der Waals surface area contributed by atoms with E-state index >= 15 is 0 Å². The molecule has 1 N–H and O–H groups in total. The molecular formula is C18H23N7O2. The molecule has 0 aliphatic carbocycles. The second-order valence-corrected chi connectivity index (χ2v) is 7.18. The minimum Gasteiger partial charge on any atom is -0.354 e. The van der Waals surface area contributed by atoms with Crippen LogP contribution in [0.1, 0.15) is 44.8 Å². The molecule has 9 heteroatoms. The van der Waals surface area contributed by atoms with E-state index in [1.165, 1.54) is 0 Å². The van der Waals surface area contributed by atoms with Crippen molar-refractivity contribution in [3.8, 4) is 0 Å². The Morgan fingerprint density at radius 2 is 2.30 bits per heavy atom. The molecule has 1 atom stereocenters. The molecule has 0 radical (unpaired) electrons. The van der Waals surface area contributed by atoms with Crippen molar-refractivity contribution < 1.29 is 9.32 Å². The lowest BCUT2D eigenvalue weighted by Gasteiger charge is -2.27. The van der Waals surface area contributed by atoms with Crippen molar-refractivity contribution in [1.82, 2.24) is 30.0 Å². The molecule has 1 aliphatic rings. The van der Waals surface area contributed by atoms with Crippen molar-refractivity contribution in [3.63, 3.8) is 0 Å². The number of carbonyl (C=O) groups excluding carboxylic acids is 1. The summed E-state index contributed by atoms with van der Waals surface area (Å²) in [7, 11) is 0. The van der Waals surface area contributed by atoms with Crippen LogP contribution in [0.2, 0.25) is 0 Å². The predicted molar refractivity (Wildman–Crippen MR) is 99.1 cm³/mol. The molecule has 4 rings (SSSR count). The molecule has 0 aromatic carbocycles. The summed E-state index contributed by atoms with van der Waals surface area (Å²) in [5, 5.41) is 5.02. The minimum absolute atomic E-state index is 0.00669. The third-order valence-corrected chi connectivity index (χ3v) is 4.93. The monoisotopic (exact) mass is 369 g/mol. The van der Waals surface area contributed by atoms with E-state index in [1.54, 1.807) is 13.3 Å². The summed E-state index contributed by atoms with van der Waals surface area (Å²) < 4.78 is 5.27. The molecule has 9 nitrogen and oxygen atoms in total. The SMILES string of the molecule is CC(=O)N(Cc1noc(C(C)C)n1)C1CCN(c2ncnc3[nH]ccc23)C1. The molecule has 3 aromatic rings. The molecule has 0 spiro atoms. The van der Waals surface area contributed by atoms with E-state index in [4.69, 9.17) is 4.52 Å². The molecule has 1 fully saturated rings. The maximum absolute atomic E-state index is 12.3. The van der Waals surface area contributed by atoms with E-state index in [1.807, 2.05) is 31.0 Å². The number of amides is 1. The quantitative estimate of drug-likeness (QED) is 0.734. The number of rotatable bonds is 5. The maximum Gasteiger partial charge on any atom is 0.229 e. The average molecular weight is 369 g/mol. The lowest BCUT2D eigenvalue weighted by molar-refractivity contribution is -0.131. The highest BCUT2D eigenvalue weighted by atomic mass is 16.5. The first kappa shape index (κ1) is 17.4. The maximum atomic E-state index is 12.3. The first-order chi connectivity index (χ1) is 13.0. The van der Waals surface area contributed by atoms with Crippen LogP contribution in [0, 0.1) is 0 Å². The number of nitrogens with one attached hydrogen (secondary N) is 1. The van der Waals surface area contributed by atoms with Gasteiger partial charge in [0.15, 0.2) is 5.82 Å². The Morgan fingerprint density at radius 1 is 1.44 bits per heavy atom. The van der Waals surface area contributed by atoms with Gasteiger partial charge in [0.1, 0.15) is 17.8 Å². The number of carbonyl (C=O) groups is 1. The number of aromatic amines is 1. The molecule has 1 amide bonds. The molecule has 0 saturated carbocycles. The fourth-order valence-corrected chi connectivity index (χ4v) is 3.52. The molecule has 1 aliphatic heterocycles. The zero-order valence-electron chi connectivity index (χ0n) is 15.7. The van der Waals surface area contributed by atoms with Crippen LogP contribution in [0.3, 0.4) is 0 Å². The zero-order valence-corrected chi connectivity index (χ0v) is 15.7. The number of anilines is 1. The van der Waals surface area contributed by atoms with Crippen molar-refractivity contribution in [2.75, 3.05) is 18.0 Å². The van der Waals surface area contributed by atoms with Crippen LogP contribution in [0.5, 0.6) is 0 Å². The molecule has 3 aromatic heterocycles. The Morgan fingerprint density at radius 3 is 3.04 bits per heavy atom. The average Bonchev–Trinajstić information content (AvgIpc) is 3.38. The molecule has 1 unspecified atom stereocenters. The molecule has 0 bridgehead atoms. The Balaban J connectivity index is 1.51. The Bertz CT molecular complexity index is 948. The topological polar surface area (TPSA) is 104 Å². The van der Waals surface area contributed by atoms with Crippen molar-refractivity contribution in [2.45, 2.75) is 45.7 Å². The van der Waals surface area contributed by atoms with Crippen LogP contribution in [0.25, 0.3) is 11.0 Å². The van der Waals surface area contributed by atoms with Gasteiger partial charge in [-0.2, -0.15) is 4.98 Å². The predicted octanol–water partition coefficient (Wildman–Crippen LogP) is 2.09. The van der Waals surface area contributed by atoms with Gasteiger partial charge < -0.3 is 19.3 Å². The number of hydrogen-bond donors (Lipinski definition) is 1. The highest BCUT2D eigenvalue weighted by Gasteiger charge is 2.31. The number of H-pyrrole nitrogens is 1. The number of hydrogen-bond acceptors (Lipinski definition) is 7. The fraction of sp³-hybridized carbons (Fsp3) is 0.500. The second-order valence-electron chi connectivity index (χ2n) is 7.18. The molecule has 142 valence electrons. The van der Waals surface area contributed by atoms with E-state index < -0.39 is 0 Å². The van der Waals surface area contributed by atoms with E-state index in [0.29, 0.717) is 24.8 Å². The van der Waals surface area contributed by atoms with Crippen molar-refractivity contribution in [1.29, 1.82) is 0 Å². The van der Waals surface area contributed by atoms with Crippen LogP contribution in [0.4, 0.5) is 5.82 Å². The van der Waals surface area contributed by atoms with Gasteiger partial charge in [-0.15, -0.1) is 0 Å². The number of nitrogens with zero attached hydrogens (tertiary/aromatic N) is 6. The van der Waals surface area contributed by atoms with Gasteiger partial charge in [0.2, 0.25) is 11.8 Å². The number of fused-ring (bicyclic) bond motifs is 1. The Hall–Kier alpha value is -2.97. The van der Waals surface area contributed by atoms with Crippen LogP contribution in [-0.4, -0.2) is 55.0 Å². The van der Waals surface area contributed by atoms with Crippen molar-refractivity contribution >= 4 is 22.8 Å². The highest BCUT2D eigenvalue weighted by Crippen LogP contribution is 2.27. The summed E-state index contributed by atoms with van der Waals surface area (Å²) in [6.45, 7) is 7.48. The van der Waals surface area contributed by atoms with Crippen molar-refractivity contribution in [3.05, 3.63) is 30.3 Å². The first-order valence-corrected chi connectivity index (χ1v) is 9.15. The van der Waals surface area contributed by atoms with Gasteiger partial charge >= 0.3 is 0 Å². The van der Waals surface area contributed by atoms with E-state index in [-0.39, 0.29) is 17.9 Å².